The Balaban J connectivity index is 3.16. The number of nitrogens with zero attached hydrogens (tertiary/aromatic N) is 2. The molecule has 0 amide bonds. The summed E-state index contributed by atoms with van der Waals surface area (Å²) in [6.07, 6.45) is -1.93. The molecule has 2 unspecified atom stereocenters. The molecule has 1 heterocycles. The van der Waals surface area contributed by atoms with Crippen molar-refractivity contribution in [2.75, 3.05) is 5.33 Å². The van der Waals surface area contributed by atoms with Crippen molar-refractivity contribution < 1.29 is 20.1 Å². The molecule has 0 aliphatic heterocycles. The van der Waals surface area contributed by atoms with Gasteiger partial charge in [-0.2, -0.15) is 5.10 Å². The van der Waals surface area contributed by atoms with Gasteiger partial charge in [0.25, 0.3) is 0 Å². The van der Waals surface area contributed by atoms with Crippen molar-refractivity contribution >= 4 is 21.9 Å². The first kappa shape index (κ1) is 14.1. The lowest BCUT2D eigenvalue weighted by atomic mass is 10.0. The van der Waals surface area contributed by atoms with Gasteiger partial charge in [-0.3, -0.25) is 4.68 Å². The maximum Gasteiger partial charge on any atom is 0.354 e. The van der Waals surface area contributed by atoms with Crippen LogP contribution in [-0.2, 0) is 7.05 Å². The molecule has 0 radical (unpaired) electrons. The number of aryl methyl sites for hydroxylation is 2. The summed E-state index contributed by atoms with van der Waals surface area (Å²) in [5.74, 6) is -1.17. The molecule has 0 spiro atoms. The summed E-state index contributed by atoms with van der Waals surface area (Å²) in [5, 5.41) is 33.2. The number of carboxylic acid groups (broad SMARTS) is 1. The van der Waals surface area contributed by atoms with Crippen LogP contribution in [0, 0.1) is 6.92 Å². The van der Waals surface area contributed by atoms with E-state index in [-0.39, 0.29) is 11.3 Å². The minimum Gasteiger partial charge on any atom is -0.477 e. The van der Waals surface area contributed by atoms with Crippen molar-refractivity contribution in [3.05, 3.63) is 17.0 Å². The molecule has 7 heteroatoms. The molecule has 0 aliphatic rings. The van der Waals surface area contributed by atoms with Crippen molar-refractivity contribution in [2.24, 2.45) is 7.05 Å². The summed E-state index contributed by atoms with van der Waals surface area (Å²) < 4.78 is 1.19. The highest BCUT2D eigenvalue weighted by Gasteiger charge is 2.29. The zero-order valence-electron chi connectivity index (χ0n) is 9.59. The number of carboxylic acids is 1. The van der Waals surface area contributed by atoms with Crippen LogP contribution in [0.2, 0.25) is 0 Å². The Kier molecular flexibility index (Phi) is 4.67. The van der Waals surface area contributed by atoms with Crippen molar-refractivity contribution in [3.8, 4) is 0 Å². The van der Waals surface area contributed by atoms with Crippen LogP contribution in [0.1, 0.15) is 34.3 Å². The second kappa shape index (κ2) is 5.61. The third-order valence-electron chi connectivity index (χ3n) is 2.54. The third kappa shape index (κ3) is 2.85. The highest BCUT2D eigenvalue weighted by atomic mass is 79.9. The standard InChI is InChI=1S/C10H15BrN2O4/c1-5-7(9(15)6(14)3-4-11)8(10(16)17)13(2)12-5/h6,9,14-15H,3-4H2,1-2H3,(H,16,17). The lowest BCUT2D eigenvalue weighted by Gasteiger charge is -2.17. The second-order valence-electron chi connectivity index (χ2n) is 3.77. The molecular formula is C10H15BrN2O4. The number of hydrogen-bond donors (Lipinski definition) is 3. The Labute approximate surface area is 107 Å². The van der Waals surface area contributed by atoms with E-state index in [2.05, 4.69) is 21.0 Å². The van der Waals surface area contributed by atoms with Crippen LogP contribution in [-0.4, -0.2) is 42.5 Å². The monoisotopic (exact) mass is 306 g/mol. The highest BCUT2D eigenvalue weighted by molar-refractivity contribution is 9.09. The first-order chi connectivity index (χ1) is 7.90. The number of aliphatic hydroxyl groups is 2. The molecule has 96 valence electrons. The Morgan fingerprint density at radius 1 is 1.53 bits per heavy atom. The van der Waals surface area contributed by atoms with Crippen LogP contribution < -0.4 is 0 Å². The van der Waals surface area contributed by atoms with Gasteiger partial charge >= 0.3 is 5.97 Å². The number of aliphatic hydroxyl groups excluding tert-OH is 2. The first-order valence-corrected chi connectivity index (χ1v) is 6.21. The fourth-order valence-electron chi connectivity index (χ4n) is 1.74. The minimum absolute atomic E-state index is 0.0939. The minimum atomic E-state index is -1.24. The molecule has 0 aliphatic carbocycles. The summed E-state index contributed by atoms with van der Waals surface area (Å²) in [4.78, 5) is 11.1. The molecule has 0 bridgehead atoms. The fraction of sp³-hybridized carbons (Fsp3) is 0.600. The molecule has 0 aromatic carbocycles. The first-order valence-electron chi connectivity index (χ1n) is 5.09. The van der Waals surface area contributed by atoms with E-state index in [1.54, 1.807) is 6.92 Å². The van der Waals surface area contributed by atoms with Gasteiger partial charge in [0.15, 0.2) is 5.69 Å². The average molecular weight is 307 g/mol. The molecule has 1 aromatic rings. The lowest BCUT2D eigenvalue weighted by molar-refractivity contribution is 0.0159. The van der Waals surface area contributed by atoms with Crippen LogP contribution >= 0.6 is 15.9 Å². The van der Waals surface area contributed by atoms with Gasteiger partial charge in [-0.15, -0.1) is 0 Å². The van der Waals surface area contributed by atoms with Crippen LogP contribution in [0.15, 0.2) is 0 Å². The molecule has 3 N–H and O–H groups in total. The van der Waals surface area contributed by atoms with Crippen molar-refractivity contribution in [1.82, 2.24) is 9.78 Å². The molecule has 17 heavy (non-hydrogen) atoms. The molecule has 1 aromatic heterocycles. The molecule has 0 saturated carbocycles. The summed E-state index contributed by atoms with van der Waals surface area (Å²) in [6, 6.07) is 0. The summed E-state index contributed by atoms with van der Waals surface area (Å²) in [5.41, 5.74) is 0.489. The maximum absolute atomic E-state index is 11.1. The number of aromatic nitrogens is 2. The van der Waals surface area contributed by atoms with E-state index >= 15 is 0 Å². The van der Waals surface area contributed by atoms with E-state index in [9.17, 15) is 15.0 Å². The lowest BCUT2D eigenvalue weighted by Crippen LogP contribution is -2.21. The molecule has 2 atom stereocenters. The van der Waals surface area contributed by atoms with Gasteiger partial charge in [0.05, 0.1) is 11.8 Å². The Bertz CT molecular complexity index is 419. The number of hydrogen-bond acceptors (Lipinski definition) is 4. The molecule has 0 fully saturated rings. The highest BCUT2D eigenvalue weighted by Crippen LogP contribution is 2.26. The zero-order valence-corrected chi connectivity index (χ0v) is 11.2. The predicted octanol–water partition coefficient (Wildman–Crippen LogP) is 0.606. The van der Waals surface area contributed by atoms with Crippen molar-refractivity contribution in [1.29, 1.82) is 0 Å². The van der Waals surface area contributed by atoms with Gasteiger partial charge in [-0.25, -0.2) is 4.79 Å². The van der Waals surface area contributed by atoms with Gasteiger partial charge in [-0.05, 0) is 13.3 Å². The van der Waals surface area contributed by atoms with Gasteiger partial charge in [0, 0.05) is 17.9 Å². The summed E-state index contributed by atoms with van der Waals surface area (Å²) in [7, 11) is 1.49. The Morgan fingerprint density at radius 3 is 2.59 bits per heavy atom. The van der Waals surface area contributed by atoms with Crippen LogP contribution in [0.4, 0.5) is 0 Å². The van der Waals surface area contributed by atoms with E-state index in [1.807, 2.05) is 0 Å². The van der Waals surface area contributed by atoms with E-state index in [1.165, 1.54) is 11.7 Å². The SMILES string of the molecule is Cc1nn(C)c(C(=O)O)c1C(O)C(O)CCBr. The van der Waals surface area contributed by atoms with E-state index in [4.69, 9.17) is 5.11 Å². The molecule has 6 nitrogen and oxygen atoms in total. The van der Waals surface area contributed by atoms with Crippen molar-refractivity contribution in [3.63, 3.8) is 0 Å². The molecule has 0 saturated heterocycles. The Morgan fingerprint density at radius 2 is 2.12 bits per heavy atom. The number of alkyl halides is 1. The maximum atomic E-state index is 11.1. The zero-order chi connectivity index (χ0) is 13.2. The number of halogens is 1. The summed E-state index contributed by atoms with van der Waals surface area (Å²) >= 11 is 3.15. The van der Waals surface area contributed by atoms with Crippen LogP contribution in [0.25, 0.3) is 0 Å². The predicted molar refractivity (Wildman–Crippen MR) is 64.3 cm³/mol. The third-order valence-corrected chi connectivity index (χ3v) is 2.99. The van der Waals surface area contributed by atoms with Gasteiger partial charge in [0.2, 0.25) is 0 Å². The van der Waals surface area contributed by atoms with E-state index in [0.29, 0.717) is 17.4 Å². The topological polar surface area (TPSA) is 95.6 Å². The van der Waals surface area contributed by atoms with Gasteiger partial charge < -0.3 is 15.3 Å². The van der Waals surface area contributed by atoms with E-state index in [0.717, 1.165) is 0 Å². The molecular weight excluding hydrogens is 292 g/mol. The smallest absolute Gasteiger partial charge is 0.354 e. The molecule has 1 rings (SSSR count). The normalized spacial score (nSPS) is 14.6. The van der Waals surface area contributed by atoms with Crippen LogP contribution in [0.5, 0.6) is 0 Å². The quantitative estimate of drug-likeness (QED) is 0.693. The van der Waals surface area contributed by atoms with Crippen LogP contribution in [0.3, 0.4) is 0 Å². The van der Waals surface area contributed by atoms with E-state index < -0.39 is 18.2 Å². The number of rotatable bonds is 5. The fourth-order valence-corrected chi connectivity index (χ4v) is 2.21. The number of aromatic carboxylic acids is 1. The number of carbonyl (C=O) groups is 1. The Hall–Kier alpha value is -0.920. The van der Waals surface area contributed by atoms with Gasteiger partial charge in [0.1, 0.15) is 6.10 Å². The second-order valence-corrected chi connectivity index (χ2v) is 4.56. The van der Waals surface area contributed by atoms with Crippen molar-refractivity contribution in [2.45, 2.75) is 25.6 Å². The largest absolute Gasteiger partial charge is 0.477 e. The van der Waals surface area contributed by atoms with Gasteiger partial charge in [-0.1, -0.05) is 15.9 Å². The summed E-state index contributed by atoms with van der Waals surface area (Å²) in [6.45, 7) is 1.60. The average Bonchev–Trinajstić information content (AvgIpc) is 2.52.